The molecule has 12 nitrogen and oxygen atoms in total. The zero-order valence-electron chi connectivity index (χ0n) is 24.4. The lowest BCUT2D eigenvalue weighted by Gasteiger charge is -2.18. The van der Waals surface area contributed by atoms with Crippen molar-refractivity contribution in [3.05, 3.63) is 95.7 Å². The van der Waals surface area contributed by atoms with E-state index >= 15 is 0 Å². The van der Waals surface area contributed by atoms with Crippen LogP contribution in [0.15, 0.2) is 73.4 Å². The van der Waals surface area contributed by atoms with Crippen molar-refractivity contribution in [1.29, 1.82) is 0 Å². The van der Waals surface area contributed by atoms with Gasteiger partial charge in [-0.25, -0.2) is 4.98 Å². The Hall–Kier alpha value is -5.91. The first-order valence-electron chi connectivity index (χ1n) is 13.7. The van der Waals surface area contributed by atoms with Gasteiger partial charge >= 0.3 is 0 Å². The summed E-state index contributed by atoms with van der Waals surface area (Å²) in [6.45, 7) is 8.08. The lowest BCUT2D eigenvalue weighted by atomic mass is 10.1. The van der Waals surface area contributed by atoms with Gasteiger partial charge in [-0.3, -0.25) is 14.4 Å². The first kappa shape index (κ1) is 29.6. The standard InChI is InChI=1S/C32H31N7O5/c1-5-28(40)37-24-16-22(10-7-18(24)2)36-32-34-17-23(29(33-4)39-32)31(42)38-25-15-21(9-6-19(25)3)35-30(41)20-8-11-26-27(14-20)44-13-12-43-26/h5-11,14-17H,1,12-13H2,2-4H3,(H,35,41)(H,37,40)(H,38,42)(H2,33,34,36,39). The van der Waals surface area contributed by atoms with E-state index in [1.54, 1.807) is 49.5 Å². The normalized spacial score (nSPS) is 11.6. The topological polar surface area (TPSA) is 156 Å². The molecule has 2 heterocycles. The fraction of sp³-hybridized carbons (Fsp3) is 0.156. The molecule has 0 atom stereocenters. The number of nitrogens with zero attached hydrogens (tertiary/aromatic N) is 2. The van der Waals surface area contributed by atoms with E-state index in [0.717, 1.165) is 11.1 Å². The number of hydrogen-bond acceptors (Lipinski definition) is 9. The molecule has 0 radical (unpaired) electrons. The summed E-state index contributed by atoms with van der Waals surface area (Å²) in [6.07, 6.45) is 2.61. The molecule has 12 heteroatoms. The Morgan fingerprint density at radius 1 is 0.818 bits per heavy atom. The molecule has 0 saturated carbocycles. The number of aromatic nitrogens is 2. The van der Waals surface area contributed by atoms with Crippen molar-refractivity contribution < 1.29 is 23.9 Å². The highest BCUT2D eigenvalue weighted by atomic mass is 16.6. The maximum atomic E-state index is 13.3. The average Bonchev–Trinajstić information content (AvgIpc) is 3.03. The van der Waals surface area contributed by atoms with Gasteiger partial charge in [-0.2, -0.15) is 4.98 Å². The maximum absolute atomic E-state index is 13.3. The van der Waals surface area contributed by atoms with Crippen LogP contribution in [-0.2, 0) is 4.79 Å². The van der Waals surface area contributed by atoms with Gasteiger partial charge in [0.2, 0.25) is 11.9 Å². The highest BCUT2D eigenvalue weighted by Crippen LogP contribution is 2.31. The number of benzene rings is 3. The van der Waals surface area contributed by atoms with E-state index in [1.807, 2.05) is 26.0 Å². The smallest absolute Gasteiger partial charge is 0.261 e. The zero-order valence-corrected chi connectivity index (χ0v) is 24.4. The Kier molecular flexibility index (Phi) is 8.70. The van der Waals surface area contributed by atoms with Gasteiger partial charge < -0.3 is 36.1 Å². The zero-order chi connectivity index (χ0) is 31.2. The van der Waals surface area contributed by atoms with Gasteiger partial charge in [-0.05, 0) is 73.5 Å². The molecular weight excluding hydrogens is 562 g/mol. The predicted molar refractivity (Wildman–Crippen MR) is 169 cm³/mol. The van der Waals surface area contributed by atoms with Gasteiger partial charge in [0.15, 0.2) is 11.5 Å². The molecule has 3 aromatic carbocycles. The van der Waals surface area contributed by atoms with Crippen LogP contribution in [0.1, 0.15) is 31.8 Å². The van der Waals surface area contributed by atoms with Crippen LogP contribution in [0.25, 0.3) is 0 Å². The molecule has 1 aliphatic heterocycles. The number of ether oxygens (including phenoxy) is 2. The largest absolute Gasteiger partial charge is 0.486 e. The van der Waals surface area contributed by atoms with Gasteiger partial charge in [0, 0.05) is 41.6 Å². The highest BCUT2D eigenvalue weighted by molar-refractivity contribution is 6.09. The lowest BCUT2D eigenvalue weighted by Crippen LogP contribution is -2.18. The number of carbonyl (C=O) groups is 3. The van der Waals surface area contributed by atoms with Crippen molar-refractivity contribution in [3.63, 3.8) is 0 Å². The number of fused-ring (bicyclic) bond motifs is 1. The van der Waals surface area contributed by atoms with Gasteiger partial charge in [0.25, 0.3) is 11.8 Å². The van der Waals surface area contributed by atoms with Crippen LogP contribution in [0.4, 0.5) is 34.5 Å². The average molecular weight is 594 g/mol. The summed E-state index contributed by atoms with van der Waals surface area (Å²) in [5.41, 5.74) is 4.55. The summed E-state index contributed by atoms with van der Waals surface area (Å²) < 4.78 is 11.1. The molecule has 4 aromatic rings. The van der Waals surface area contributed by atoms with Crippen molar-refractivity contribution in [2.24, 2.45) is 0 Å². The van der Waals surface area contributed by atoms with Crippen molar-refractivity contribution in [2.75, 3.05) is 46.8 Å². The van der Waals surface area contributed by atoms with Crippen LogP contribution in [-0.4, -0.2) is 48.0 Å². The second kappa shape index (κ2) is 12.9. The highest BCUT2D eigenvalue weighted by Gasteiger charge is 2.18. The third-order valence-electron chi connectivity index (χ3n) is 6.76. The van der Waals surface area contributed by atoms with E-state index in [9.17, 15) is 14.4 Å². The van der Waals surface area contributed by atoms with Crippen molar-refractivity contribution in [2.45, 2.75) is 13.8 Å². The van der Waals surface area contributed by atoms with Crippen LogP contribution in [0.5, 0.6) is 11.5 Å². The summed E-state index contributed by atoms with van der Waals surface area (Å²) in [7, 11) is 1.65. The predicted octanol–water partition coefficient (Wildman–Crippen LogP) is 5.28. The van der Waals surface area contributed by atoms with E-state index in [4.69, 9.17) is 9.47 Å². The Balaban J connectivity index is 1.29. The molecule has 1 aliphatic rings. The number of hydrogen-bond donors (Lipinski definition) is 5. The summed E-state index contributed by atoms with van der Waals surface area (Å²) in [6, 6.07) is 15.7. The van der Waals surface area contributed by atoms with E-state index in [-0.39, 0.29) is 23.3 Å². The number of amides is 3. The molecule has 0 aliphatic carbocycles. The summed E-state index contributed by atoms with van der Waals surface area (Å²) in [4.78, 5) is 46.8. The molecule has 44 heavy (non-hydrogen) atoms. The first-order valence-corrected chi connectivity index (χ1v) is 13.7. The van der Waals surface area contributed by atoms with Crippen LogP contribution >= 0.6 is 0 Å². The van der Waals surface area contributed by atoms with Crippen LogP contribution in [0.3, 0.4) is 0 Å². The van der Waals surface area contributed by atoms with E-state index in [2.05, 4.69) is 43.1 Å². The molecule has 0 unspecified atom stereocenters. The van der Waals surface area contributed by atoms with Crippen LogP contribution < -0.4 is 36.1 Å². The fourth-order valence-corrected chi connectivity index (χ4v) is 4.36. The second-order valence-electron chi connectivity index (χ2n) is 9.85. The molecule has 0 saturated heterocycles. The quantitative estimate of drug-likeness (QED) is 0.163. The third-order valence-corrected chi connectivity index (χ3v) is 6.76. The molecule has 1 aromatic heterocycles. The number of rotatable bonds is 9. The summed E-state index contributed by atoms with van der Waals surface area (Å²) >= 11 is 0. The molecule has 0 spiro atoms. The summed E-state index contributed by atoms with van der Waals surface area (Å²) in [5, 5.41) is 14.5. The SMILES string of the molecule is C=CC(=O)Nc1cc(Nc2ncc(C(=O)Nc3cc(NC(=O)c4ccc5c(c4)OCCO5)ccc3C)c(NC)n2)ccc1C. The monoisotopic (exact) mass is 593 g/mol. The fourth-order valence-electron chi connectivity index (χ4n) is 4.36. The Labute approximate surface area is 253 Å². The van der Waals surface area contributed by atoms with E-state index in [1.165, 1.54) is 12.3 Å². The van der Waals surface area contributed by atoms with Gasteiger partial charge in [0.05, 0.1) is 0 Å². The Morgan fingerprint density at radius 3 is 2.23 bits per heavy atom. The van der Waals surface area contributed by atoms with Crippen molar-refractivity contribution >= 4 is 52.2 Å². The van der Waals surface area contributed by atoms with Crippen LogP contribution in [0.2, 0.25) is 0 Å². The van der Waals surface area contributed by atoms with Crippen molar-refractivity contribution in [3.8, 4) is 11.5 Å². The van der Waals surface area contributed by atoms with E-state index in [0.29, 0.717) is 58.8 Å². The molecule has 224 valence electrons. The number of carbonyl (C=O) groups excluding carboxylic acids is 3. The molecule has 5 N–H and O–H groups in total. The number of nitrogens with one attached hydrogen (secondary N) is 5. The molecule has 0 bridgehead atoms. The second-order valence-corrected chi connectivity index (χ2v) is 9.85. The summed E-state index contributed by atoms with van der Waals surface area (Å²) in [5.74, 6) is 0.566. The minimum atomic E-state index is -0.441. The van der Waals surface area contributed by atoms with E-state index < -0.39 is 5.91 Å². The Morgan fingerprint density at radius 2 is 1.50 bits per heavy atom. The minimum Gasteiger partial charge on any atom is -0.486 e. The Bertz CT molecular complexity index is 1770. The number of anilines is 6. The maximum Gasteiger partial charge on any atom is 0.261 e. The molecule has 0 fully saturated rings. The molecule has 5 rings (SSSR count). The van der Waals surface area contributed by atoms with Gasteiger partial charge in [0.1, 0.15) is 24.6 Å². The minimum absolute atomic E-state index is 0.214. The first-order chi connectivity index (χ1) is 21.2. The van der Waals surface area contributed by atoms with Crippen LogP contribution in [0, 0.1) is 13.8 Å². The van der Waals surface area contributed by atoms with Gasteiger partial charge in [-0.15, -0.1) is 0 Å². The van der Waals surface area contributed by atoms with Gasteiger partial charge in [-0.1, -0.05) is 18.7 Å². The third kappa shape index (κ3) is 6.76. The van der Waals surface area contributed by atoms with Crippen molar-refractivity contribution in [1.82, 2.24) is 9.97 Å². The molecule has 3 amide bonds. The number of aryl methyl sites for hydroxylation is 2. The lowest BCUT2D eigenvalue weighted by molar-refractivity contribution is -0.111. The molecular formula is C32H31N7O5.